The summed E-state index contributed by atoms with van der Waals surface area (Å²) in [5, 5.41) is 0. The van der Waals surface area contributed by atoms with Crippen molar-refractivity contribution in [2.45, 2.75) is 175 Å². The fourth-order valence-corrected chi connectivity index (χ4v) is 4.37. The Kier molecular flexibility index (Phi) is 26.2. The van der Waals surface area contributed by atoms with Crippen LogP contribution in [-0.4, -0.2) is 0 Å². The molecule has 0 amide bonds. The topological polar surface area (TPSA) is 0 Å². The van der Waals surface area contributed by atoms with Crippen molar-refractivity contribution in [1.29, 1.82) is 0 Å². The molecule has 0 aliphatic rings. The molecule has 0 heterocycles. The van der Waals surface area contributed by atoms with Crippen LogP contribution in [0.15, 0.2) is 0 Å². The Hall–Kier alpha value is -0.440. The second kappa shape index (κ2) is 26.6. The van der Waals surface area contributed by atoms with E-state index in [4.69, 9.17) is 0 Å². The molecule has 0 heteroatoms. The lowest BCUT2D eigenvalue weighted by atomic mass is 9.96. The van der Waals surface area contributed by atoms with Gasteiger partial charge in [0, 0.05) is 12.8 Å². The summed E-state index contributed by atoms with van der Waals surface area (Å²) in [5.74, 6) is 7.50. The molecule has 0 fully saturated rings. The first-order valence-corrected chi connectivity index (χ1v) is 14.3. The van der Waals surface area contributed by atoms with Gasteiger partial charge in [-0.3, -0.25) is 0 Å². The van der Waals surface area contributed by atoms with E-state index >= 15 is 0 Å². The van der Waals surface area contributed by atoms with Crippen LogP contribution < -0.4 is 0 Å². The average molecular weight is 419 g/mol. The fourth-order valence-electron chi connectivity index (χ4n) is 4.37. The minimum atomic E-state index is 0.941. The van der Waals surface area contributed by atoms with E-state index in [1.54, 1.807) is 0 Å². The van der Waals surface area contributed by atoms with Crippen LogP contribution in [0, 0.1) is 17.8 Å². The third-order valence-electron chi connectivity index (χ3n) is 6.55. The standard InChI is InChI=1S/C30H58/c1-4-6-8-10-12-14-15-16-17-18-19-21-23-25-27-29-30(3)28-26-24-22-20-13-11-9-7-5-2/h30H,4-8,10,12-29H2,1-3H3. The molecule has 0 nitrogen and oxygen atoms in total. The predicted molar refractivity (Wildman–Crippen MR) is 139 cm³/mol. The fraction of sp³-hybridized carbons (Fsp3) is 0.933. The Morgan fingerprint density at radius 3 is 1.20 bits per heavy atom. The van der Waals surface area contributed by atoms with Crippen LogP contribution in [0.5, 0.6) is 0 Å². The quantitative estimate of drug-likeness (QED) is 0.114. The lowest BCUT2D eigenvalue weighted by molar-refractivity contribution is 0.432. The van der Waals surface area contributed by atoms with Gasteiger partial charge in [-0.25, -0.2) is 0 Å². The van der Waals surface area contributed by atoms with Crippen molar-refractivity contribution < 1.29 is 0 Å². The van der Waals surface area contributed by atoms with Gasteiger partial charge in [-0.1, -0.05) is 149 Å². The molecule has 0 saturated carbocycles. The van der Waals surface area contributed by atoms with Gasteiger partial charge in [-0.05, 0) is 18.8 Å². The zero-order valence-electron chi connectivity index (χ0n) is 21.5. The second-order valence-corrected chi connectivity index (χ2v) is 9.90. The van der Waals surface area contributed by atoms with Gasteiger partial charge in [-0.2, -0.15) is 0 Å². The number of unbranched alkanes of at least 4 members (excludes halogenated alkanes) is 19. The van der Waals surface area contributed by atoms with Gasteiger partial charge in [0.25, 0.3) is 0 Å². The Labute approximate surface area is 192 Å². The third kappa shape index (κ3) is 25.6. The highest BCUT2D eigenvalue weighted by Crippen LogP contribution is 2.19. The highest BCUT2D eigenvalue weighted by molar-refractivity contribution is 4.98. The SMILES string of the molecule is CCCC#CCCCCCCC(C)CCCCCCCCCCCCCCCCC. The average Bonchev–Trinajstić information content (AvgIpc) is 2.75. The lowest BCUT2D eigenvalue weighted by Gasteiger charge is -2.11. The molecule has 0 spiro atoms. The van der Waals surface area contributed by atoms with Crippen LogP contribution in [0.3, 0.4) is 0 Å². The Bertz CT molecular complexity index is 358. The maximum Gasteiger partial charge on any atom is 0.00886 e. The molecular weight excluding hydrogens is 360 g/mol. The Balaban J connectivity index is 3.16. The van der Waals surface area contributed by atoms with E-state index in [-0.39, 0.29) is 0 Å². The van der Waals surface area contributed by atoms with Crippen LogP contribution in [-0.2, 0) is 0 Å². The smallest absolute Gasteiger partial charge is 0.00886 e. The Morgan fingerprint density at radius 1 is 0.400 bits per heavy atom. The highest BCUT2D eigenvalue weighted by Gasteiger charge is 2.02. The molecule has 1 unspecified atom stereocenters. The van der Waals surface area contributed by atoms with Gasteiger partial charge >= 0.3 is 0 Å². The van der Waals surface area contributed by atoms with Gasteiger partial charge in [0.2, 0.25) is 0 Å². The monoisotopic (exact) mass is 418 g/mol. The van der Waals surface area contributed by atoms with Crippen molar-refractivity contribution >= 4 is 0 Å². The molecule has 0 aliphatic carbocycles. The maximum atomic E-state index is 3.31. The van der Waals surface area contributed by atoms with Gasteiger partial charge in [0.1, 0.15) is 0 Å². The lowest BCUT2D eigenvalue weighted by Crippen LogP contribution is -1.95. The van der Waals surface area contributed by atoms with Gasteiger partial charge in [0.15, 0.2) is 0 Å². The summed E-state index contributed by atoms with van der Waals surface area (Å²) in [6, 6.07) is 0. The normalized spacial score (nSPS) is 12.0. The first kappa shape index (κ1) is 29.6. The highest BCUT2D eigenvalue weighted by atomic mass is 14.1. The van der Waals surface area contributed by atoms with E-state index in [0.717, 1.165) is 18.8 Å². The molecule has 0 N–H and O–H groups in total. The molecule has 1 atom stereocenters. The van der Waals surface area contributed by atoms with Gasteiger partial charge in [-0.15, -0.1) is 11.8 Å². The molecule has 178 valence electrons. The van der Waals surface area contributed by atoms with E-state index in [0.29, 0.717) is 0 Å². The molecule has 0 radical (unpaired) electrons. The van der Waals surface area contributed by atoms with E-state index in [1.165, 1.54) is 141 Å². The molecule has 0 rings (SSSR count). The molecule has 0 saturated heterocycles. The summed E-state index contributed by atoms with van der Waals surface area (Å²) in [4.78, 5) is 0. The molecule has 0 aromatic rings. The minimum absolute atomic E-state index is 0.941. The van der Waals surface area contributed by atoms with Crippen molar-refractivity contribution in [2.24, 2.45) is 5.92 Å². The summed E-state index contributed by atoms with van der Waals surface area (Å²) in [6.07, 6.45) is 33.9. The van der Waals surface area contributed by atoms with E-state index in [1.807, 2.05) is 0 Å². The summed E-state index contributed by atoms with van der Waals surface area (Å²) in [7, 11) is 0. The van der Waals surface area contributed by atoms with E-state index < -0.39 is 0 Å². The molecule has 0 aromatic heterocycles. The van der Waals surface area contributed by atoms with Crippen molar-refractivity contribution in [3.05, 3.63) is 0 Å². The number of hydrogen-bond acceptors (Lipinski definition) is 0. The van der Waals surface area contributed by atoms with Crippen LogP contribution >= 0.6 is 0 Å². The van der Waals surface area contributed by atoms with Crippen molar-refractivity contribution in [1.82, 2.24) is 0 Å². The number of rotatable bonds is 23. The van der Waals surface area contributed by atoms with E-state index in [9.17, 15) is 0 Å². The molecular formula is C30H58. The predicted octanol–water partition coefficient (Wildman–Crippen LogP) is 11.0. The van der Waals surface area contributed by atoms with E-state index in [2.05, 4.69) is 32.6 Å². The molecule has 0 bridgehead atoms. The summed E-state index contributed by atoms with van der Waals surface area (Å²) in [6.45, 7) is 6.98. The van der Waals surface area contributed by atoms with Gasteiger partial charge < -0.3 is 0 Å². The van der Waals surface area contributed by atoms with Crippen LogP contribution in [0.2, 0.25) is 0 Å². The summed E-state index contributed by atoms with van der Waals surface area (Å²) in [5.41, 5.74) is 0. The third-order valence-corrected chi connectivity index (χ3v) is 6.55. The summed E-state index contributed by atoms with van der Waals surface area (Å²) < 4.78 is 0. The molecule has 0 aliphatic heterocycles. The first-order valence-electron chi connectivity index (χ1n) is 14.3. The van der Waals surface area contributed by atoms with Crippen molar-refractivity contribution in [2.75, 3.05) is 0 Å². The zero-order valence-corrected chi connectivity index (χ0v) is 21.5. The number of hydrogen-bond donors (Lipinski definition) is 0. The second-order valence-electron chi connectivity index (χ2n) is 9.90. The zero-order chi connectivity index (χ0) is 22.0. The largest absolute Gasteiger partial charge is 0.103 e. The minimum Gasteiger partial charge on any atom is -0.103 e. The van der Waals surface area contributed by atoms with Crippen molar-refractivity contribution in [3.8, 4) is 11.8 Å². The Morgan fingerprint density at radius 2 is 0.767 bits per heavy atom. The van der Waals surface area contributed by atoms with Crippen LogP contribution in [0.25, 0.3) is 0 Å². The van der Waals surface area contributed by atoms with Crippen molar-refractivity contribution in [3.63, 3.8) is 0 Å². The summed E-state index contributed by atoms with van der Waals surface area (Å²) >= 11 is 0. The molecule has 30 heavy (non-hydrogen) atoms. The molecule has 0 aromatic carbocycles. The van der Waals surface area contributed by atoms with Crippen LogP contribution in [0.1, 0.15) is 175 Å². The first-order chi connectivity index (χ1) is 14.8. The maximum absolute atomic E-state index is 3.31. The van der Waals surface area contributed by atoms with Gasteiger partial charge in [0.05, 0.1) is 0 Å². The van der Waals surface area contributed by atoms with Crippen LogP contribution in [0.4, 0.5) is 0 Å².